The van der Waals surface area contributed by atoms with E-state index in [1.165, 1.54) is 71.1 Å². The molecule has 2 atom stereocenters. The molecule has 0 saturated heterocycles. The van der Waals surface area contributed by atoms with Crippen LogP contribution in [0.3, 0.4) is 0 Å². The second kappa shape index (κ2) is 18.9. The Morgan fingerprint density at radius 3 is 1.48 bits per heavy atom. The third-order valence-electron chi connectivity index (χ3n) is 4.64. The number of aliphatic hydroxyl groups is 1. The zero-order chi connectivity index (χ0) is 18.3. The minimum Gasteiger partial charge on any atom is -0.748 e. The van der Waals surface area contributed by atoms with Crippen LogP contribution in [0.25, 0.3) is 0 Å². The summed E-state index contributed by atoms with van der Waals surface area (Å²) in [7, 11) is -4.29. The summed E-state index contributed by atoms with van der Waals surface area (Å²) in [5.74, 6) is 0. The Morgan fingerprint density at radius 1 is 0.800 bits per heavy atom. The Kier molecular flexibility index (Phi) is 21.7. The topological polar surface area (TPSA) is 77.4 Å². The third-order valence-corrected chi connectivity index (χ3v) is 5.89. The van der Waals surface area contributed by atoms with Gasteiger partial charge in [0.05, 0.1) is 21.5 Å². The maximum atomic E-state index is 11.1. The van der Waals surface area contributed by atoms with Crippen LogP contribution in [0, 0.1) is 0 Å². The van der Waals surface area contributed by atoms with Gasteiger partial charge in [-0.3, -0.25) is 0 Å². The van der Waals surface area contributed by atoms with E-state index in [1.807, 2.05) is 0 Å². The number of rotatable bonds is 17. The van der Waals surface area contributed by atoms with Gasteiger partial charge >= 0.3 is 51.4 Å². The Hall–Kier alpha value is 1.51. The quantitative estimate of drug-likeness (QED) is 0.230. The van der Waals surface area contributed by atoms with Crippen molar-refractivity contribution in [2.45, 2.75) is 122 Å². The maximum absolute atomic E-state index is 11.1. The van der Waals surface area contributed by atoms with Crippen LogP contribution in [0.1, 0.15) is 110 Å². The Morgan fingerprint density at radius 2 is 1.16 bits per heavy atom. The summed E-state index contributed by atoms with van der Waals surface area (Å²) >= 11 is 0. The molecule has 4 nitrogen and oxygen atoms in total. The van der Waals surface area contributed by atoms with E-state index >= 15 is 0 Å². The van der Waals surface area contributed by atoms with Gasteiger partial charge in [0.25, 0.3) is 0 Å². The predicted octanol–water partition coefficient (Wildman–Crippen LogP) is 2.16. The fraction of sp³-hybridized carbons (Fsp3) is 1.00. The van der Waals surface area contributed by atoms with Crippen LogP contribution >= 0.6 is 0 Å². The molecule has 0 aromatic heterocycles. The normalized spacial score (nSPS) is 14.1. The molecule has 0 spiro atoms. The largest absolute Gasteiger partial charge is 1.00 e. The van der Waals surface area contributed by atoms with Crippen molar-refractivity contribution in [2.75, 3.05) is 0 Å². The van der Waals surface area contributed by atoms with E-state index in [1.54, 1.807) is 0 Å². The van der Waals surface area contributed by atoms with E-state index in [9.17, 15) is 18.1 Å². The van der Waals surface area contributed by atoms with Gasteiger partial charge in [-0.1, -0.05) is 90.4 Å². The van der Waals surface area contributed by atoms with Crippen molar-refractivity contribution >= 4 is 10.1 Å². The summed E-state index contributed by atoms with van der Waals surface area (Å²) in [6, 6.07) is 0. The van der Waals surface area contributed by atoms with Gasteiger partial charge in [0.2, 0.25) is 0 Å². The first kappa shape index (κ1) is 28.7. The van der Waals surface area contributed by atoms with Crippen molar-refractivity contribution in [3.05, 3.63) is 0 Å². The van der Waals surface area contributed by atoms with Crippen LogP contribution in [-0.4, -0.2) is 29.4 Å². The van der Waals surface area contributed by atoms with Gasteiger partial charge in [0.1, 0.15) is 0 Å². The molecule has 0 amide bonds. The smallest absolute Gasteiger partial charge is 0.748 e. The molecule has 25 heavy (non-hydrogen) atoms. The van der Waals surface area contributed by atoms with Gasteiger partial charge in [-0.15, -0.1) is 0 Å². The van der Waals surface area contributed by atoms with E-state index in [-0.39, 0.29) is 57.8 Å². The zero-order valence-corrected chi connectivity index (χ0v) is 20.8. The molecule has 1 N–H and O–H groups in total. The van der Waals surface area contributed by atoms with E-state index in [0.717, 1.165) is 19.3 Å². The van der Waals surface area contributed by atoms with Gasteiger partial charge in [0.15, 0.2) is 0 Å². The first-order valence-electron chi connectivity index (χ1n) is 10.0. The molecule has 0 radical (unpaired) electrons. The van der Waals surface area contributed by atoms with Crippen molar-refractivity contribution in [2.24, 2.45) is 0 Å². The van der Waals surface area contributed by atoms with E-state index in [2.05, 4.69) is 6.92 Å². The minimum absolute atomic E-state index is 0. The first-order valence-corrected chi connectivity index (χ1v) is 11.5. The summed E-state index contributed by atoms with van der Waals surface area (Å²) < 4.78 is 33.4. The first-order chi connectivity index (χ1) is 11.4. The van der Waals surface area contributed by atoms with Crippen LogP contribution in [0.4, 0.5) is 0 Å². The molecule has 2 unspecified atom stereocenters. The van der Waals surface area contributed by atoms with Gasteiger partial charge in [-0.25, -0.2) is 8.42 Å². The summed E-state index contributed by atoms with van der Waals surface area (Å²) in [6.07, 6.45) is 15.8. The molecule has 0 bridgehead atoms. The second-order valence-corrected chi connectivity index (χ2v) is 8.88. The maximum Gasteiger partial charge on any atom is 1.00 e. The van der Waals surface area contributed by atoms with E-state index in [4.69, 9.17) is 0 Å². The molecular weight excluding hydrogens is 363 g/mol. The van der Waals surface area contributed by atoms with Crippen molar-refractivity contribution in [1.29, 1.82) is 0 Å². The van der Waals surface area contributed by atoms with Gasteiger partial charge in [0, 0.05) is 0 Å². The molecule has 0 aliphatic carbocycles. The number of aliphatic hydroxyl groups excluding tert-OH is 1. The van der Waals surface area contributed by atoms with E-state index < -0.39 is 21.5 Å². The Labute approximate surface area is 199 Å². The van der Waals surface area contributed by atoms with Crippen LogP contribution < -0.4 is 51.4 Å². The number of hydrogen-bond acceptors (Lipinski definition) is 4. The molecule has 0 aliphatic heterocycles. The Bertz CT molecular complexity index is 372. The SMILES string of the molecule is CCCCCCCCCCCCCCCC(CC(C)O)S(=O)(=O)[O-].[K+]. The number of unbranched alkanes of at least 4 members (excludes halogenated alkanes) is 12. The molecular formula is C19H39KO4S. The van der Waals surface area contributed by atoms with Crippen molar-refractivity contribution in [3.8, 4) is 0 Å². The molecule has 0 rings (SSSR count). The fourth-order valence-corrected chi connectivity index (χ4v) is 4.12. The molecule has 0 aromatic rings. The Balaban J connectivity index is 0. The van der Waals surface area contributed by atoms with E-state index in [0.29, 0.717) is 6.42 Å². The average molecular weight is 403 g/mol. The fourth-order valence-electron chi connectivity index (χ4n) is 3.15. The van der Waals surface area contributed by atoms with Crippen LogP contribution in [0.5, 0.6) is 0 Å². The van der Waals surface area contributed by atoms with Gasteiger partial charge < -0.3 is 9.66 Å². The van der Waals surface area contributed by atoms with Crippen molar-refractivity contribution in [3.63, 3.8) is 0 Å². The second-order valence-electron chi connectivity index (χ2n) is 7.23. The van der Waals surface area contributed by atoms with Gasteiger partial charge in [-0.05, 0) is 19.8 Å². The summed E-state index contributed by atoms with van der Waals surface area (Å²) in [5, 5.41) is 8.36. The van der Waals surface area contributed by atoms with Crippen molar-refractivity contribution in [1.82, 2.24) is 0 Å². The van der Waals surface area contributed by atoms with Crippen molar-refractivity contribution < 1.29 is 69.5 Å². The van der Waals surface area contributed by atoms with Crippen LogP contribution in [0.2, 0.25) is 0 Å². The summed E-state index contributed by atoms with van der Waals surface area (Å²) in [6.45, 7) is 3.77. The third kappa shape index (κ3) is 20.1. The van der Waals surface area contributed by atoms with Crippen LogP contribution in [0.15, 0.2) is 0 Å². The predicted molar refractivity (Wildman–Crippen MR) is 100 cm³/mol. The standard InChI is InChI=1S/C19H40O4S.K/c1-3-4-5-6-7-8-9-10-11-12-13-14-15-16-19(17-18(2)20)24(21,22)23;/h18-20H,3-17H2,1-2H3,(H,21,22,23);/q;+1/p-1. The summed E-state index contributed by atoms with van der Waals surface area (Å²) in [5.41, 5.74) is 0. The molecule has 0 saturated carbocycles. The molecule has 0 aliphatic rings. The van der Waals surface area contributed by atoms with Crippen LogP contribution in [-0.2, 0) is 10.1 Å². The minimum atomic E-state index is -4.29. The zero-order valence-electron chi connectivity index (χ0n) is 16.8. The molecule has 0 fully saturated rings. The monoisotopic (exact) mass is 402 g/mol. The molecule has 146 valence electrons. The molecule has 6 heteroatoms. The summed E-state index contributed by atoms with van der Waals surface area (Å²) in [4.78, 5) is 0. The molecule has 0 heterocycles. The molecule has 0 aromatic carbocycles. The average Bonchev–Trinajstić information content (AvgIpc) is 2.49. The van der Waals surface area contributed by atoms with Gasteiger partial charge in [-0.2, -0.15) is 0 Å². The number of hydrogen-bond donors (Lipinski definition) is 1.